The number of rotatable bonds is 5. The molecule has 122 valence electrons. The molecule has 1 amide bonds. The van der Waals surface area contributed by atoms with E-state index >= 15 is 0 Å². The Bertz CT molecular complexity index is 843. The van der Waals surface area contributed by atoms with Crippen LogP contribution in [-0.2, 0) is 6.54 Å². The number of ether oxygens (including phenoxy) is 1. The normalized spacial score (nSPS) is 10.4. The van der Waals surface area contributed by atoms with Crippen molar-refractivity contribution in [2.45, 2.75) is 6.54 Å². The first-order valence-electron chi connectivity index (χ1n) is 7.37. The van der Waals surface area contributed by atoms with Crippen molar-refractivity contribution in [2.75, 3.05) is 12.4 Å². The Morgan fingerprint density at radius 2 is 1.96 bits per heavy atom. The molecule has 0 aliphatic rings. The number of methoxy groups -OCH3 is 1. The highest BCUT2D eigenvalue weighted by Gasteiger charge is 2.12. The first kappa shape index (κ1) is 15.7. The van der Waals surface area contributed by atoms with Crippen LogP contribution in [0.1, 0.15) is 15.9 Å². The van der Waals surface area contributed by atoms with E-state index < -0.39 is 0 Å². The van der Waals surface area contributed by atoms with Crippen LogP contribution in [0.4, 0.5) is 10.1 Å². The molecule has 0 aliphatic heterocycles. The first-order chi connectivity index (χ1) is 11.7. The summed E-state index contributed by atoms with van der Waals surface area (Å²) < 4.78 is 19.8. The van der Waals surface area contributed by atoms with Gasteiger partial charge in [0.05, 0.1) is 31.1 Å². The van der Waals surface area contributed by atoms with Crippen molar-refractivity contribution in [3.05, 3.63) is 77.9 Å². The number of nitrogens with one attached hydrogen (secondary N) is 1. The molecule has 0 spiro atoms. The molecule has 0 aliphatic carbocycles. The topological polar surface area (TPSA) is 56.1 Å². The predicted molar refractivity (Wildman–Crippen MR) is 88.7 cm³/mol. The molecular weight excluding hydrogens is 309 g/mol. The highest BCUT2D eigenvalue weighted by atomic mass is 19.1. The summed E-state index contributed by atoms with van der Waals surface area (Å²) in [6.45, 7) is 0.491. The third-order valence-electron chi connectivity index (χ3n) is 3.50. The Morgan fingerprint density at radius 3 is 2.71 bits per heavy atom. The molecule has 0 saturated carbocycles. The molecule has 1 heterocycles. The number of carbonyl (C=O) groups excluding carboxylic acids is 1. The summed E-state index contributed by atoms with van der Waals surface area (Å²) in [4.78, 5) is 12.3. The number of carbonyl (C=O) groups is 1. The molecule has 0 radical (unpaired) electrons. The van der Waals surface area contributed by atoms with Gasteiger partial charge in [0.2, 0.25) is 0 Å². The summed E-state index contributed by atoms with van der Waals surface area (Å²) in [5, 5.41) is 6.99. The van der Waals surface area contributed by atoms with Crippen LogP contribution in [0.15, 0.2) is 60.9 Å². The summed E-state index contributed by atoms with van der Waals surface area (Å²) in [6.07, 6.45) is 3.29. The molecule has 0 saturated heterocycles. The quantitative estimate of drug-likeness (QED) is 0.783. The number of halogens is 1. The van der Waals surface area contributed by atoms with E-state index in [-0.39, 0.29) is 11.7 Å². The van der Waals surface area contributed by atoms with Crippen molar-refractivity contribution in [3.63, 3.8) is 0 Å². The van der Waals surface area contributed by atoms with E-state index in [1.807, 2.05) is 0 Å². The minimum Gasteiger partial charge on any atom is -0.496 e. The summed E-state index contributed by atoms with van der Waals surface area (Å²) in [5.74, 6) is -0.0357. The summed E-state index contributed by atoms with van der Waals surface area (Å²) >= 11 is 0. The van der Waals surface area contributed by atoms with Crippen molar-refractivity contribution in [1.29, 1.82) is 0 Å². The number of nitrogens with zero attached hydrogens (tertiary/aromatic N) is 2. The smallest absolute Gasteiger partial charge is 0.259 e. The summed E-state index contributed by atoms with van der Waals surface area (Å²) in [7, 11) is 1.52. The fourth-order valence-electron chi connectivity index (χ4n) is 2.32. The van der Waals surface area contributed by atoms with Gasteiger partial charge in [-0.3, -0.25) is 9.48 Å². The predicted octanol–water partition coefficient (Wildman–Crippen LogP) is 3.33. The average molecular weight is 325 g/mol. The highest BCUT2D eigenvalue weighted by Crippen LogP contribution is 2.19. The molecule has 0 atom stereocenters. The van der Waals surface area contributed by atoms with E-state index in [4.69, 9.17) is 4.74 Å². The largest absolute Gasteiger partial charge is 0.496 e. The molecule has 2 aromatic carbocycles. The second-order valence-corrected chi connectivity index (χ2v) is 5.21. The molecule has 6 heteroatoms. The van der Waals surface area contributed by atoms with Gasteiger partial charge < -0.3 is 10.1 Å². The number of hydrogen-bond donors (Lipinski definition) is 1. The van der Waals surface area contributed by atoms with Gasteiger partial charge >= 0.3 is 0 Å². The summed E-state index contributed by atoms with van der Waals surface area (Å²) in [6, 6.07) is 13.2. The van der Waals surface area contributed by atoms with Crippen LogP contribution >= 0.6 is 0 Å². The number of aromatic nitrogens is 2. The summed E-state index contributed by atoms with van der Waals surface area (Å²) in [5.41, 5.74) is 1.95. The SMILES string of the molecule is COc1ccccc1C(=O)Nc1cnn(Cc2ccc(F)cc2)c1. The third kappa shape index (κ3) is 3.60. The maximum absolute atomic E-state index is 12.9. The molecule has 0 unspecified atom stereocenters. The lowest BCUT2D eigenvalue weighted by molar-refractivity contribution is 0.102. The lowest BCUT2D eigenvalue weighted by Gasteiger charge is -2.07. The lowest BCUT2D eigenvalue weighted by atomic mass is 10.2. The molecule has 0 fully saturated rings. The van der Waals surface area contributed by atoms with Crippen LogP contribution in [0.2, 0.25) is 0 Å². The zero-order valence-corrected chi connectivity index (χ0v) is 13.1. The maximum atomic E-state index is 12.9. The van der Waals surface area contributed by atoms with E-state index in [1.165, 1.54) is 19.2 Å². The molecule has 3 aromatic rings. The van der Waals surface area contributed by atoms with Gasteiger partial charge in [0.25, 0.3) is 5.91 Å². The van der Waals surface area contributed by atoms with E-state index in [9.17, 15) is 9.18 Å². The Morgan fingerprint density at radius 1 is 1.21 bits per heavy atom. The third-order valence-corrected chi connectivity index (χ3v) is 3.50. The number of anilines is 1. The van der Waals surface area contributed by atoms with Crippen molar-refractivity contribution in [3.8, 4) is 5.75 Å². The van der Waals surface area contributed by atoms with E-state index in [0.29, 0.717) is 23.5 Å². The molecule has 1 aromatic heterocycles. The molecule has 1 N–H and O–H groups in total. The van der Waals surface area contributed by atoms with E-state index in [1.54, 1.807) is 53.5 Å². The Kier molecular flexibility index (Phi) is 4.56. The monoisotopic (exact) mass is 325 g/mol. The van der Waals surface area contributed by atoms with Gasteiger partial charge in [0, 0.05) is 6.20 Å². The highest BCUT2D eigenvalue weighted by molar-refractivity contribution is 6.06. The van der Waals surface area contributed by atoms with E-state index in [2.05, 4.69) is 10.4 Å². The van der Waals surface area contributed by atoms with Crippen molar-refractivity contribution in [1.82, 2.24) is 9.78 Å². The van der Waals surface area contributed by atoms with Crippen LogP contribution in [0.25, 0.3) is 0 Å². The molecule has 3 rings (SSSR count). The second-order valence-electron chi connectivity index (χ2n) is 5.21. The van der Waals surface area contributed by atoms with Gasteiger partial charge in [-0.2, -0.15) is 5.10 Å². The molecular formula is C18H16FN3O2. The fraction of sp³-hybridized carbons (Fsp3) is 0.111. The lowest BCUT2D eigenvalue weighted by Crippen LogP contribution is -2.12. The van der Waals surface area contributed by atoms with Crippen molar-refractivity contribution >= 4 is 11.6 Å². The maximum Gasteiger partial charge on any atom is 0.259 e. The standard InChI is InChI=1S/C18H16FN3O2/c1-24-17-5-3-2-4-16(17)18(23)21-15-10-20-22(12-15)11-13-6-8-14(19)9-7-13/h2-10,12H,11H2,1H3,(H,21,23). The van der Waals surface area contributed by atoms with Crippen LogP contribution in [-0.4, -0.2) is 22.8 Å². The average Bonchev–Trinajstić information content (AvgIpc) is 3.03. The minimum absolute atomic E-state index is 0.270. The fourth-order valence-corrected chi connectivity index (χ4v) is 2.32. The van der Waals surface area contributed by atoms with Crippen LogP contribution < -0.4 is 10.1 Å². The van der Waals surface area contributed by atoms with Crippen molar-refractivity contribution in [2.24, 2.45) is 0 Å². The zero-order chi connectivity index (χ0) is 16.9. The van der Waals surface area contributed by atoms with Gasteiger partial charge in [-0.25, -0.2) is 4.39 Å². The van der Waals surface area contributed by atoms with Crippen molar-refractivity contribution < 1.29 is 13.9 Å². The number of benzene rings is 2. The van der Waals surface area contributed by atoms with Gasteiger partial charge in [0.1, 0.15) is 11.6 Å². The zero-order valence-electron chi connectivity index (χ0n) is 13.1. The van der Waals surface area contributed by atoms with Crippen LogP contribution in [0.5, 0.6) is 5.75 Å². The number of hydrogen-bond acceptors (Lipinski definition) is 3. The molecule has 0 bridgehead atoms. The van der Waals surface area contributed by atoms with Crippen LogP contribution in [0.3, 0.4) is 0 Å². The Hall–Kier alpha value is -3.15. The van der Waals surface area contributed by atoms with Crippen LogP contribution in [0, 0.1) is 5.82 Å². The minimum atomic E-state index is -0.274. The molecule has 5 nitrogen and oxygen atoms in total. The Balaban J connectivity index is 1.69. The number of para-hydroxylation sites is 1. The van der Waals surface area contributed by atoms with Gasteiger partial charge in [0.15, 0.2) is 0 Å². The Labute approximate surface area is 138 Å². The first-order valence-corrected chi connectivity index (χ1v) is 7.37. The van der Waals surface area contributed by atoms with Gasteiger partial charge in [-0.05, 0) is 29.8 Å². The number of amides is 1. The van der Waals surface area contributed by atoms with E-state index in [0.717, 1.165) is 5.56 Å². The van der Waals surface area contributed by atoms with Gasteiger partial charge in [-0.15, -0.1) is 0 Å². The molecule has 24 heavy (non-hydrogen) atoms. The van der Waals surface area contributed by atoms with Gasteiger partial charge in [-0.1, -0.05) is 24.3 Å². The second kappa shape index (κ2) is 6.95.